The first-order valence-corrected chi connectivity index (χ1v) is 15.7. The maximum Gasteiger partial charge on any atom is 0.137 e. The van der Waals surface area contributed by atoms with Gasteiger partial charge >= 0.3 is 0 Å². The van der Waals surface area contributed by atoms with Gasteiger partial charge in [-0.1, -0.05) is 82.8 Å². The fourth-order valence-electron chi connectivity index (χ4n) is 7.41. The Hall–Kier alpha value is -3.23. The smallest absolute Gasteiger partial charge is 0.137 e. The lowest BCUT2D eigenvalue weighted by Crippen LogP contribution is -2.34. The van der Waals surface area contributed by atoms with E-state index in [9.17, 15) is 0 Å². The van der Waals surface area contributed by atoms with Gasteiger partial charge in [-0.25, -0.2) is 0 Å². The van der Waals surface area contributed by atoms with Crippen molar-refractivity contribution in [3.63, 3.8) is 0 Å². The Kier molecular flexibility index (Phi) is 6.47. The Morgan fingerprint density at radius 3 is 2.15 bits per heavy atom. The molecule has 0 radical (unpaired) electrons. The third-order valence-electron chi connectivity index (χ3n) is 9.95. The second kappa shape index (κ2) is 9.95. The monoisotopic (exact) mass is 561 g/mol. The molecule has 0 bridgehead atoms. The summed E-state index contributed by atoms with van der Waals surface area (Å²) in [6, 6.07) is 28.8. The molecular formula is C38H40ClNO. The number of fused-ring (bicyclic) bond motifs is 4. The Bertz CT molecular complexity index is 1750. The van der Waals surface area contributed by atoms with Gasteiger partial charge in [-0.15, -0.1) is 0 Å². The Morgan fingerprint density at radius 1 is 0.659 bits per heavy atom. The van der Waals surface area contributed by atoms with E-state index in [4.69, 9.17) is 16.0 Å². The maximum atomic E-state index is 6.89. The van der Waals surface area contributed by atoms with E-state index in [1.54, 1.807) is 0 Å². The molecule has 0 atom stereocenters. The first-order valence-electron chi connectivity index (χ1n) is 15.4. The van der Waals surface area contributed by atoms with Crippen LogP contribution in [0.2, 0.25) is 5.02 Å². The second-order valence-electron chi connectivity index (χ2n) is 13.7. The second-order valence-corrected chi connectivity index (χ2v) is 14.1. The first-order chi connectivity index (χ1) is 19.7. The molecule has 4 aromatic carbocycles. The van der Waals surface area contributed by atoms with Crippen LogP contribution in [-0.2, 0) is 10.8 Å². The van der Waals surface area contributed by atoms with Crippen LogP contribution in [0.15, 0.2) is 83.3 Å². The van der Waals surface area contributed by atoms with Crippen LogP contribution in [0, 0.1) is 0 Å². The molecule has 0 N–H and O–H groups in total. The van der Waals surface area contributed by atoms with E-state index < -0.39 is 0 Å². The standard InChI is InChI=1S/C38H40ClNO/c1-37(2)18-19-38(3,4)34-23-28(15-17-33(34)37)40(30-21-26(20-27(39)22-30)25-10-6-5-7-11-25)29-14-16-32-31-12-8-9-13-35(31)41-36(32)24-29/h8-9,12-17,20-25H,5-7,10-11,18-19H2,1-4H3. The summed E-state index contributed by atoms with van der Waals surface area (Å²) in [4.78, 5) is 2.39. The molecule has 2 nitrogen and oxygen atoms in total. The molecule has 210 valence electrons. The number of halogens is 1. The molecule has 0 saturated heterocycles. The normalized spacial score (nSPS) is 18.5. The predicted octanol–water partition coefficient (Wildman–Crippen LogP) is 12.1. The van der Waals surface area contributed by atoms with Crippen molar-refractivity contribution in [1.82, 2.24) is 0 Å². The summed E-state index contributed by atoms with van der Waals surface area (Å²) in [7, 11) is 0. The SMILES string of the molecule is CC1(C)CCC(C)(C)c2cc(N(c3cc(Cl)cc(C4CCCCC4)c3)c3ccc4c(c3)oc3ccccc34)ccc21. The molecule has 5 aromatic rings. The first kappa shape index (κ1) is 26.7. The lowest BCUT2D eigenvalue weighted by Gasteiger charge is -2.42. The minimum absolute atomic E-state index is 0.122. The minimum Gasteiger partial charge on any atom is -0.456 e. The number of rotatable bonds is 4. The van der Waals surface area contributed by atoms with Gasteiger partial charge in [-0.2, -0.15) is 0 Å². The summed E-state index contributed by atoms with van der Waals surface area (Å²) in [6.45, 7) is 9.58. The summed E-state index contributed by atoms with van der Waals surface area (Å²) >= 11 is 6.89. The van der Waals surface area contributed by atoms with Crippen LogP contribution < -0.4 is 4.90 Å². The summed E-state index contributed by atoms with van der Waals surface area (Å²) < 4.78 is 6.36. The lowest BCUT2D eigenvalue weighted by atomic mass is 9.63. The van der Waals surface area contributed by atoms with Crippen molar-refractivity contribution in [2.75, 3.05) is 4.90 Å². The van der Waals surface area contributed by atoms with Gasteiger partial charge in [0.1, 0.15) is 11.2 Å². The molecule has 2 aliphatic rings. The molecule has 2 aliphatic carbocycles. The Labute approximate surface area is 249 Å². The Morgan fingerprint density at radius 2 is 1.34 bits per heavy atom. The molecule has 3 heteroatoms. The fraction of sp³-hybridized carbons (Fsp3) is 0.368. The third kappa shape index (κ3) is 4.75. The maximum absolute atomic E-state index is 6.89. The highest BCUT2D eigenvalue weighted by atomic mass is 35.5. The minimum atomic E-state index is 0.122. The topological polar surface area (TPSA) is 16.4 Å². The molecule has 7 rings (SSSR count). The van der Waals surface area contributed by atoms with E-state index in [1.165, 1.54) is 67.3 Å². The van der Waals surface area contributed by atoms with E-state index in [2.05, 4.69) is 99.3 Å². The zero-order chi connectivity index (χ0) is 28.4. The summed E-state index contributed by atoms with van der Waals surface area (Å²) in [5, 5.41) is 3.10. The zero-order valence-corrected chi connectivity index (χ0v) is 25.5. The number of benzene rings is 4. The molecule has 0 unspecified atom stereocenters. The van der Waals surface area contributed by atoms with Crippen molar-refractivity contribution >= 4 is 50.6 Å². The summed E-state index contributed by atoms with van der Waals surface area (Å²) in [5.41, 5.74) is 9.78. The number of hydrogen-bond acceptors (Lipinski definition) is 2. The highest BCUT2D eigenvalue weighted by Crippen LogP contribution is 2.49. The van der Waals surface area contributed by atoms with Gasteiger partial charge in [0, 0.05) is 38.9 Å². The van der Waals surface area contributed by atoms with Gasteiger partial charge in [-0.05, 0) is 108 Å². The molecule has 0 amide bonds. The molecule has 0 spiro atoms. The summed E-state index contributed by atoms with van der Waals surface area (Å²) in [5.74, 6) is 0.573. The van der Waals surface area contributed by atoms with Crippen molar-refractivity contribution < 1.29 is 4.42 Å². The van der Waals surface area contributed by atoms with Crippen LogP contribution in [0.3, 0.4) is 0 Å². The zero-order valence-electron chi connectivity index (χ0n) is 24.8. The highest BCUT2D eigenvalue weighted by molar-refractivity contribution is 6.31. The van der Waals surface area contributed by atoms with E-state index in [0.29, 0.717) is 5.92 Å². The van der Waals surface area contributed by atoms with Crippen molar-refractivity contribution in [2.45, 2.75) is 89.4 Å². The van der Waals surface area contributed by atoms with Crippen LogP contribution >= 0.6 is 11.6 Å². The molecule has 41 heavy (non-hydrogen) atoms. The highest BCUT2D eigenvalue weighted by Gasteiger charge is 2.37. The van der Waals surface area contributed by atoms with Crippen LogP contribution in [-0.4, -0.2) is 0 Å². The van der Waals surface area contributed by atoms with Gasteiger partial charge in [0.25, 0.3) is 0 Å². The van der Waals surface area contributed by atoms with Crippen LogP contribution in [0.25, 0.3) is 21.9 Å². The number of nitrogens with zero attached hydrogens (tertiary/aromatic N) is 1. The largest absolute Gasteiger partial charge is 0.456 e. The lowest BCUT2D eigenvalue weighted by molar-refractivity contribution is 0.332. The number of hydrogen-bond donors (Lipinski definition) is 0. The van der Waals surface area contributed by atoms with Crippen molar-refractivity contribution in [1.29, 1.82) is 0 Å². The Balaban J connectivity index is 1.43. The molecule has 0 aliphatic heterocycles. The van der Waals surface area contributed by atoms with Crippen LogP contribution in [0.1, 0.15) is 95.2 Å². The van der Waals surface area contributed by atoms with E-state index >= 15 is 0 Å². The van der Waals surface area contributed by atoms with Gasteiger partial charge in [0.05, 0.1) is 0 Å². The van der Waals surface area contributed by atoms with Crippen LogP contribution in [0.4, 0.5) is 17.1 Å². The van der Waals surface area contributed by atoms with E-state index in [-0.39, 0.29) is 10.8 Å². The average molecular weight is 562 g/mol. The van der Waals surface area contributed by atoms with Crippen molar-refractivity contribution in [3.05, 3.63) is 101 Å². The van der Waals surface area contributed by atoms with Crippen LogP contribution in [0.5, 0.6) is 0 Å². The molecule has 1 fully saturated rings. The molecule has 1 saturated carbocycles. The van der Waals surface area contributed by atoms with Gasteiger partial charge in [-0.3, -0.25) is 0 Å². The molecule has 1 aromatic heterocycles. The van der Waals surface area contributed by atoms with Crippen molar-refractivity contribution in [3.8, 4) is 0 Å². The predicted molar refractivity (Wildman–Crippen MR) is 175 cm³/mol. The quantitative estimate of drug-likeness (QED) is 0.217. The van der Waals surface area contributed by atoms with Gasteiger partial charge in [0.2, 0.25) is 0 Å². The number of furan rings is 1. The van der Waals surface area contributed by atoms with Gasteiger partial charge < -0.3 is 9.32 Å². The van der Waals surface area contributed by atoms with E-state index in [1.807, 2.05) is 12.1 Å². The average Bonchev–Trinajstić information content (AvgIpc) is 3.34. The third-order valence-corrected chi connectivity index (χ3v) is 10.2. The van der Waals surface area contributed by atoms with Gasteiger partial charge in [0.15, 0.2) is 0 Å². The molecular weight excluding hydrogens is 522 g/mol. The fourth-order valence-corrected chi connectivity index (χ4v) is 7.65. The number of anilines is 3. The van der Waals surface area contributed by atoms with Crippen molar-refractivity contribution in [2.24, 2.45) is 0 Å². The number of para-hydroxylation sites is 1. The molecule has 1 heterocycles. The van der Waals surface area contributed by atoms with E-state index in [0.717, 1.165) is 38.3 Å². The summed E-state index contributed by atoms with van der Waals surface area (Å²) in [6.07, 6.45) is 8.82.